The summed E-state index contributed by atoms with van der Waals surface area (Å²) in [6.45, 7) is 6.50. The molecule has 2 aliphatic heterocycles. The van der Waals surface area contributed by atoms with E-state index in [1.165, 1.54) is 18.2 Å². The van der Waals surface area contributed by atoms with Crippen molar-refractivity contribution in [2.45, 2.75) is 38.8 Å². The molecular formula is C20H23N3O6S. The third kappa shape index (κ3) is 5.32. The van der Waals surface area contributed by atoms with Gasteiger partial charge in [0, 0.05) is 18.8 Å². The Morgan fingerprint density at radius 1 is 1.33 bits per heavy atom. The first-order valence-corrected chi connectivity index (χ1v) is 10.2. The number of ether oxygens (including phenoxy) is 1. The molecule has 30 heavy (non-hydrogen) atoms. The predicted molar refractivity (Wildman–Crippen MR) is 112 cm³/mol. The van der Waals surface area contributed by atoms with E-state index in [0.29, 0.717) is 30.8 Å². The fourth-order valence-corrected chi connectivity index (χ4v) is 3.90. The zero-order chi connectivity index (χ0) is 22.1. The van der Waals surface area contributed by atoms with E-state index in [-0.39, 0.29) is 16.5 Å². The van der Waals surface area contributed by atoms with Gasteiger partial charge in [-0.05, 0) is 68.8 Å². The van der Waals surface area contributed by atoms with Crippen LogP contribution in [0.5, 0.6) is 0 Å². The van der Waals surface area contributed by atoms with Crippen molar-refractivity contribution in [1.82, 2.24) is 10.6 Å². The van der Waals surface area contributed by atoms with E-state index in [1.54, 1.807) is 26.8 Å². The molecule has 0 bridgehead atoms. The molecule has 0 radical (unpaired) electrons. The second kappa shape index (κ2) is 8.39. The smallest absolute Gasteiger partial charge is 0.407 e. The normalized spacial score (nSPS) is 20.4. The predicted octanol–water partition coefficient (Wildman–Crippen LogP) is 2.81. The van der Waals surface area contributed by atoms with E-state index in [1.807, 2.05) is 4.90 Å². The van der Waals surface area contributed by atoms with Gasteiger partial charge in [-0.1, -0.05) is 0 Å². The van der Waals surface area contributed by atoms with Crippen molar-refractivity contribution < 1.29 is 29.0 Å². The number of carboxylic acids is 1. The fourth-order valence-electron chi connectivity index (χ4n) is 3.22. The summed E-state index contributed by atoms with van der Waals surface area (Å²) in [7, 11) is 0. The number of nitrogens with zero attached hydrogens (tertiary/aromatic N) is 1. The highest BCUT2D eigenvalue weighted by Gasteiger charge is 2.29. The van der Waals surface area contributed by atoms with Crippen molar-refractivity contribution in [2.24, 2.45) is 0 Å². The van der Waals surface area contributed by atoms with Crippen molar-refractivity contribution >= 4 is 46.7 Å². The first-order chi connectivity index (χ1) is 14.0. The van der Waals surface area contributed by atoms with Gasteiger partial charge in [-0.3, -0.25) is 14.9 Å². The molecule has 3 rings (SSSR count). The number of carboxylic acid groups (broad SMARTS) is 1. The molecule has 2 aliphatic rings. The SMILES string of the molecule is CC(C)(C)OC(=O)NC1CCN(c2ccc(C(=O)O)cc2C=C2SC(=O)NC2=O)C1. The van der Waals surface area contributed by atoms with Gasteiger partial charge in [0.2, 0.25) is 0 Å². The summed E-state index contributed by atoms with van der Waals surface area (Å²) in [5.41, 5.74) is 0.711. The summed E-state index contributed by atoms with van der Waals surface area (Å²) in [5.74, 6) is -1.60. The quantitative estimate of drug-likeness (QED) is 0.619. The first-order valence-electron chi connectivity index (χ1n) is 9.38. The molecule has 2 fully saturated rings. The van der Waals surface area contributed by atoms with E-state index in [0.717, 1.165) is 11.8 Å². The molecule has 0 spiro atoms. The molecule has 1 aromatic rings. The number of rotatable bonds is 4. The number of hydrogen-bond donors (Lipinski definition) is 3. The van der Waals surface area contributed by atoms with Crippen LogP contribution in [0.3, 0.4) is 0 Å². The van der Waals surface area contributed by atoms with E-state index < -0.39 is 28.8 Å². The lowest BCUT2D eigenvalue weighted by Gasteiger charge is -2.23. The van der Waals surface area contributed by atoms with Crippen molar-refractivity contribution in [2.75, 3.05) is 18.0 Å². The molecule has 0 aliphatic carbocycles. The number of benzene rings is 1. The van der Waals surface area contributed by atoms with Gasteiger partial charge in [0.1, 0.15) is 5.60 Å². The molecule has 2 heterocycles. The van der Waals surface area contributed by atoms with Crippen LogP contribution in [0.1, 0.15) is 43.1 Å². The van der Waals surface area contributed by atoms with Crippen LogP contribution in [0, 0.1) is 0 Å². The van der Waals surface area contributed by atoms with Gasteiger partial charge in [0.05, 0.1) is 16.5 Å². The Morgan fingerprint density at radius 3 is 2.67 bits per heavy atom. The zero-order valence-corrected chi connectivity index (χ0v) is 17.7. The highest BCUT2D eigenvalue weighted by atomic mass is 32.2. The van der Waals surface area contributed by atoms with Gasteiger partial charge in [-0.15, -0.1) is 0 Å². The van der Waals surface area contributed by atoms with Crippen LogP contribution in [0.25, 0.3) is 6.08 Å². The Kier molecular flexibility index (Phi) is 6.06. The standard InChI is InChI=1S/C20H23N3O6S/c1-20(2,3)29-18(27)21-13-6-7-23(10-13)14-5-4-11(17(25)26)8-12(14)9-15-16(24)22-19(28)30-15/h4-5,8-9,13H,6-7,10H2,1-3H3,(H,21,27)(H,25,26)(H,22,24,28). The molecule has 10 heteroatoms. The van der Waals surface area contributed by atoms with E-state index in [2.05, 4.69) is 10.6 Å². The highest BCUT2D eigenvalue weighted by molar-refractivity contribution is 8.18. The molecule has 160 valence electrons. The summed E-state index contributed by atoms with van der Waals surface area (Å²) < 4.78 is 5.29. The second-order valence-corrected chi connectivity index (χ2v) is 9.02. The van der Waals surface area contributed by atoms with E-state index in [9.17, 15) is 24.3 Å². The number of hydrogen-bond acceptors (Lipinski definition) is 7. The lowest BCUT2D eigenvalue weighted by Crippen LogP contribution is -2.40. The van der Waals surface area contributed by atoms with Gasteiger partial charge in [0.25, 0.3) is 11.1 Å². The van der Waals surface area contributed by atoms with Gasteiger partial charge in [-0.25, -0.2) is 9.59 Å². The van der Waals surface area contributed by atoms with Gasteiger partial charge in [0.15, 0.2) is 0 Å². The van der Waals surface area contributed by atoms with Crippen LogP contribution < -0.4 is 15.5 Å². The van der Waals surface area contributed by atoms with Crippen molar-refractivity contribution in [1.29, 1.82) is 0 Å². The maximum Gasteiger partial charge on any atom is 0.407 e. The average molecular weight is 433 g/mol. The minimum absolute atomic E-state index is 0.0722. The van der Waals surface area contributed by atoms with Crippen LogP contribution in [0.4, 0.5) is 15.3 Å². The topological polar surface area (TPSA) is 125 Å². The molecule has 2 saturated heterocycles. The number of imide groups is 1. The second-order valence-electron chi connectivity index (χ2n) is 8.01. The largest absolute Gasteiger partial charge is 0.478 e. The van der Waals surface area contributed by atoms with Crippen LogP contribution in [-0.4, -0.2) is 53.0 Å². The van der Waals surface area contributed by atoms with Crippen LogP contribution >= 0.6 is 11.8 Å². The summed E-state index contributed by atoms with van der Waals surface area (Å²) in [5, 5.41) is 13.9. The molecule has 3 amide bonds. The van der Waals surface area contributed by atoms with Crippen molar-refractivity contribution in [3.8, 4) is 0 Å². The number of anilines is 1. The summed E-state index contributed by atoms with van der Waals surface area (Å²) >= 11 is 0.770. The van der Waals surface area contributed by atoms with E-state index >= 15 is 0 Å². The number of aromatic carboxylic acids is 1. The molecule has 3 N–H and O–H groups in total. The summed E-state index contributed by atoms with van der Waals surface area (Å²) in [4.78, 5) is 49.0. The van der Waals surface area contributed by atoms with Crippen LogP contribution in [-0.2, 0) is 9.53 Å². The Morgan fingerprint density at radius 2 is 2.07 bits per heavy atom. The van der Waals surface area contributed by atoms with Crippen molar-refractivity contribution in [3.05, 3.63) is 34.2 Å². The number of amides is 3. The molecule has 9 nitrogen and oxygen atoms in total. The zero-order valence-electron chi connectivity index (χ0n) is 16.9. The number of alkyl carbamates (subject to hydrolysis) is 1. The number of carbonyl (C=O) groups excluding carboxylic acids is 3. The van der Waals surface area contributed by atoms with E-state index in [4.69, 9.17) is 4.74 Å². The molecule has 0 aromatic heterocycles. The van der Waals surface area contributed by atoms with Crippen molar-refractivity contribution in [3.63, 3.8) is 0 Å². The number of carbonyl (C=O) groups is 4. The van der Waals surface area contributed by atoms with Gasteiger partial charge >= 0.3 is 12.1 Å². The Balaban J connectivity index is 1.81. The molecule has 1 aromatic carbocycles. The molecule has 1 unspecified atom stereocenters. The monoisotopic (exact) mass is 433 g/mol. The highest BCUT2D eigenvalue weighted by Crippen LogP contribution is 2.32. The lowest BCUT2D eigenvalue weighted by atomic mass is 10.1. The first kappa shape index (κ1) is 21.7. The minimum Gasteiger partial charge on any atom is -0.478 e. The Labute approximate surface area is 177 Å². The Bertz CT molecular complexity index is 937. The maximum absolute atomic E-state index is 12.0. The fraction of sp³-hybridized carbons (Fsp3) is 0.400. The van der Waals surface area contributed by atoms with Crippen LogP contribution in [0.2, 0.25) is 0 Å². The average Bonchev–Trinajstić information content (AvgIpc) is 3.19. The molecule has 1 atom stereocenters. The van der Waals surface area contributed by atoms with Gasteiger partial charge in [-0.2, -0.15) is 0 Å². The number of nitrogens with one attached hydrogen (secondary N) is 2. The Hall–Kier alpha value is -3.01. The number of thioether (sulfide) groups is 1. The molecule has 0 saturated carbocycles. The lowest BCUT2D eigenvalue weighted by molar-refractivity contribution is -0.115. The molecular weight excluding hydrogens is 410 g/mol. The van der Waals surface area contributed by atoms with Gasteiger partial charge < -0.3 is 20.1 Å². The summed E-state index contributed by atoms with van der Waals surface area (Å²) in [6, 6.07) is 4.49. The minimum atomic E-state index is -1.09. The summed E-state index contributed by atoms with van der Waals surface area (Å²) in [6.07, 6.45) is 1.71. The maximum atomic E-state index is 12.0. The third-order valence-corrected chi connectivity index (χ3v) is 5.26. The third-order valence-electron chi connectivity index (χ3n) is 4.45. The van der Waals surface area contributed by atoms with Crippen LogP contribution in [0.15, 0.2) is 23.1 Å².